The van der Waals surface area contributed by atoms with Gasteiger partial charge < -0.3 is 4.74 Å². The molecule has 2 nitrogen and oxygen atoms in total. The van der Waals surface area contributed by atoms with E-state index in [2.05, 4.69) is 42.6 Å². The van der Waals surface area contributed by atoms with E-state index in [1.54, 1.807) is 25.6 Å². The molecule has 0 atom stereocenters. The van der Waals surface area contributed by atoms with Crippen LogP contribution in [-0.2, 0) is 4.74 Å². The molecular weight excluding hydrogens is 206 g/mol. The standard InChI is InChI=1S/C10H11NS.C2H6O/c1-6-4-5-7(2)10-9(6)11-8(3)12-10;1-3-2/h4-5H,1-3H3;1-2H3. The Kier molecular flexibility index (Phi) is 4.24. The van der Waals surface area contributed by atoms with Gasteiger partial charge in [-0.25, -0.2) is 4.98 Å². The summed E-state index contributed by atoms with van der Waals surface area (Å²) in [5.74, 6) is 0. The van der Waals surface area contributed by atoms with Gasteiger partial charge in [-0.2, -0.15) is 0 Å². The Bertz CT molecular complexity index is 409. The van der Waals surface area contributed by atoms with Crippen molar-refractivity contribution in [3.05, 3.63) is 28.3 Å². The molecule has 1 heterocycles. The highest BCUT2D eigenvalue weighted by atomic mass is 32.1. The molecule has 0 bridgehead atoms. The number of rotatable bonds is 0. The molecule has 0 aliphatic carbocycles. The highest BCUT2D eigenvalue weighted by molar-refractivity contribution is 7.18. The minimum atomic E-state index is 1.16. The van der Waals surface area contributed by atoms with E-state index in [9.17, 15) is 0 Å². The predicted octanol–water partition coefficient (Wildman–Crippen LogP) is 3.48. The number of aryl methyl sites for hydroxylation is 3. The number of aromatic nitrogens is 1. The summed E-state index contributed by atoms with van der Waals surface area (Å²) in [6, 6.07) is 4.30. The second-order valence-electron chi connectivity index (χ2n) is 3.52. The zero-order valence-corrected chi connectivity index (χ0v) is 10.7. The third-order valence-electron chi connectivity index (χ3n) is 2.05. The Balaban J connectivity index is 0.000000337. The monoisotopic (exact) mass is 223 g/mol. The highest BCUT2D eigenvalue weighted by Gasteiger charge is 2.04. The van der Waals surface area contributed by atoms with Gasteiger partial charge in [-0.15, -0.1) is 11.3 Å². The highest BCUT2D eigenvalue weighted by Crippen LogP contribution is 2.27. The molecule has 0 spiro atoms. The molecule has 0 N–H and O–H groups in total. The van der Waals surface area contributed by atoms with Gasteiger partial charge in [0.25, 0.3) is 0 Å². The first-order valence-electron chi connectivity index (χ1n) is 4.83. The van der Waals surface area contributed by atoms with Crippen LogP contribution in [0.15, 0.2) is 12.1 Å². The van der Waals surface area contributed by atoms with Crippen LogP contribution in [0.5, 0.6) is 0 Å². The van der Waals surface area contributed by atoms with Crippen LogP contribution in [0.1, 0.15) is 16.1 Å². The summed E-state index contributed by atoms with van der Waals surface area (Å²) < 4.78 is 5.59. The minimum Gasteiger partial charge on any atom is -0.388 e. The summed E-state index contributed by atoms with van der Waals surface area (Å²) in [4.78, 5) is 4.49. The molecule has 1 aromatic heterocycles. The molecule has 0 unspecified atom stereocenters. The lowest BCUT2D eigenvalue weighted by Crippen LogP contribution is -1.78. The second kappa shape index (κ2) is 5.24. The van der Waals surface area contributed by atoms with Crippen molar-refractivity contribution < 1.29 is 4.74 Å². The molecule has 1 aromatic carbocycles. The van der Waals surface area contributed by atoms with E-state index in [0.717, 1.165) is 5.01 Å². The molecule has 0 amide bonds. The Labute approximate surface area is 94.9 Å². The molecule has 0 saturated heterocycles. The Morgan fingerprint density at radius 1 is 1.07 bits per heavy atom. The summed E-state index contributed by atoms with van der Waals surface area (Å²) in [7, 11) is 3.25. The average molecular weight is 223 g/mol. The average Bonchev–Trinajstić information content (AvgIpc) is 2.56. The van der Waals surface area contributed by atoms with Gasteiger partial charge in [0, 0.05) is 14.2 Å². The molecule has 0 fully saturated rings. The zero-order valence-electron chi connectivity index (χ0n) is 9.92. The van der Waals surface area contributed by atoms with Gasteiger partial charge in [-0.05, 0) is 31.9 Å². The molecule has 2 rings (SSSR count). The number of ether oxygens (including phenoxy) is 1. The fourth-order valence-corrected chi connectivity index (χ4v) is 2.33. The van der Waals surface area contributed by atoms with Crippen molar-refractivity contribution in [3.8, 4) is 0 Å². The van der Waals surface area contributed by atoms with E-state index >= 15 is 0 Å². The SMILES string of the molecule is COC.Cc1nc2c(C)ccc(C)c2s1. The molecule has 3 heteroatoms. The first-order chi connectivity index (χ1) is 7.10. The van der Waals surface area contributed by atoms with Crippen molar-refractivity contribution in [2.45, 2.75) is 20.8 Å². The summed E-state index contributed by atoms with van der Waals surface area (Å²) >= 11 is 1.78. The summed E-state index contributed by atoms with van der Waals surface area (Å²) in [6.45, 7) is 6.31. The van der Waals surface area contributed by atoms with Crippen molar-refractivity contribution in [2.75, 3.05) is 14.2 Å². The fraction of sp³-hybridized carbons (Fsp3) is 0.417. The van der Waals surface area contributed by atoms with Crippen LogP contribution >= 0.6 is 11.3 Å². The number of benzene rings is 1. The Morgan fingerprint density at radius 3 is 2.13 bits per heavy atom. The first kappa shape index (κ1) is 12.1. The van der Waals surface area contributed by atoms with Crippen molar-refractivity contribution in [3.63, 3.8) is 0 Å². The third kappa shape index (κ3) is 2.76. The van der Waals surface area contributed by atoms with Gasteiger partial charge in [0.15, 0.2) is 0 Å². The zero-order chi connectivity index (χ0) is 11.4. The van der Waals surface area contributed by atoms with Crippen molar-refractivity contribution in [1.82, 2.24) is 4.98 Å². The van der Waals surface area contributed by atoms with E-state index in [4.69, 9.17) is 0 Å². The number of fused-ring (bicyclic) bond motifs is 1. The molecule has 2 aromatic rings. The fourth-order valence-electron chi connectivity index (χ4n) is 1.37. The lowest BCUT2D eigenvalue weighted by molar-refractivity contribution is 0.277. The van der Waals surface area contributed by atoms with Crippen LogP contribution in [0.25, 0.3) is 10.2 Å². The van der Waals surface area contributed by atoms with Gasteiger partial charge in [-0.1, -0.05) is 12.1 Å². The first-order valence-corrected chi connectivity index (χ1v) is 5.65. The Hall–Kier alpha value is -0.930. The minimum absolute atomic E-state index is 1.16. The van der Waals surface area contributed by atoms with Crippen LogP contribution < -0.4 is 0 Å². The van der Waals surface area contributed by atoms with Crippen LogP contribution in [0.3, 0.4) is 0 Å². The lowest BCUT2D eigenvalue weighted by Gasteiger charge is -1.96. The second-order valence-corrected chi connectivity index (χ2v) is 4.72. The quantitative estimate of drug-likeness (QED) is 0.682. The van der Waals surface area contributed by atoms with Gasteiger partial charge in [-0.3, -0.25) is 0 Å². The van der Waals surface area contributed by atoms with E-state index in [1.807, 2.05) is 0 Å². The molecule has 0 radical (unpaired) electrons. The number of thiazole rings is 1. The largest absolute Gasteiger partial charge is 0.388 e. The number of methoxy groups -OCH3 is 1. The van der Waals surface area contributed by atoms with Gasteiger partial charge >= 0.3 is 0 Å². The predicted molar refractivity (Wildman–Crippen MR) is 66.8 cm³/mol. The van der Waals surface area contributed by atoms with E-state index in [0.29, 0.717) is 0 Å². The summed E-state index contributed by atoms with van der Waals surface area (Å²) in [6.07, 6.45) is 0. The van der Waals surface area contributed by atoms with Crippen molar-refractivity contribution >= 4 is 21.6 Å². The van der Waals surface area contributed by atoms with Crippen molar-refractivity contribution in [2.24, 2.45) is 0 Å². The smallest absolute Gasteiger partial charge is 0.0907 e. The lowest BCUT2D eigenvalue weighted by atomic mass is 10.1. The van der Waals surface area contributed by atoms with Crippen molar-refractivity contribution in [1.29, 1.82) is 0 Å². The molecule has 0 aliphatic rings. The van der Waals surface area contributed by atoms with E-state index < -0.39 is 0 Å². The summed E-state index contributed by atoms with van der Waals surface area (Å²) in [5, 5.41) is 1.16. The van der Waals surface area contributed by atoms with Gasteiger partial charge in [0.2, 0.25) is 0 Å². The number of nitrogens with zero attached hydrogens (tertiary/aromatic N) is 1. The maximum atomic E-state index is 4.49. The third-order valence-corrected chi connectivity index (χ3v) is 3.16. The molecule has 82 valence electrons. The molecule has 15 heavy (non-hydrogen) atoms. The molecule has 0 saturated carbocycles. The Morgan fingerprint density at radius 2 is 1.60 bits per heavy atom. The maximum absolute atomic E-state index is 4.49. The number of hydrogen-bond acceptors (Lipinski definition) is 3. The topological polar surface area (TPSA) is 22.1 Å². The van der Waals surface area contributed by atoms with Gasteiger partial charge in [0.05, 0.1) is 15.2 Å². The summed E-state index contributed by atoms with van der Waals surface area (Å²) in [5.41, 5.74) is 3.79. The van der Waals surface area contributed by atoms with Gasteiger partial charge in [0.1, 0.15) is 0 Å². The normalized spacial score (nSPS) is 9.93. The van der Waals surface area contributed by atoms with Crippen LogP contribution in [-0.4, -0.2) is 19.2 Å². The van der Waals surface area contributed by atoms with Crippen LogP contribution in [0, 0.1) is 20.8 Å². The van der Waals surface area contributed by atoms with E-state index in [1.165, 1.54) is 21.3 Å². The number of hydrogen-bond donors (Lipinski definition) is 0. The van der Waals surface area contributed by atoms with Crippen LogP contribution in [0.4, 0.5) is 0 Å². The maximum Gasteiger partial charge on any atom is 0.0907 e. The van der Waals surface area contributed by atoms with E-state index in [-0.39, 0.29) is 0 Å². The molecule has 0 aliphatic heterocycles. The van der Waals surface area contributed by atoms with Crippen LogP contribution in [0.2, 0.25) is 0 Å². The molecular formula is C12H17NOS.